The fraction of sp³-hybridized carbons (Fsp3) is 0.875. The highest BCUT2D eigenvalue weighted by Crippen LogP contribution is 2.40. The lowest BCUT2D eigenvalue weighted by atomic mass is 9.95. The lowest BCUT2D eigenvalue weighted by molar-refractivity contribution is -0.396. The third-order valence-electron chi connectivity index (χ3n) is 16.7. The molecule has 0 amide bonds. The van der Waals surface area contributed by atoms with E-state index in [4.69, 9.17) is 99.5 Å². The second kappa shape index (κ2) is 34.4. The number of carbonyl (C=O) groups is 7. The Balaban J connectivity index is 1.19. The number of carbonyl (C=O) groups excluding carboxylic acids is 7. The number of hydrogen-bond acceptors (Lipinski definition) is 42. The summed E-state index contributed by atoms with van der Waals surface area (Å²) in [6.45, 7) is 0.430. The Bertz CT molecular complexity index is 2190. The van der Waals surface area contributed by atoms with Crippen LogP contribution in [0.4, 0.5) is 0 Å². The fourth-order valence-electron chi connectivity index (χ4n) is 11.7. The van der Waals surface area contributed by atoms with Gasteiger partial charge in [0.05, 0.1) is 0 Å². The van der Waals surface area contributed by atoms with Crippen molar-refractivity contribution in [1.82, 2.24) is 0 Å². The second-order valence-corrected chi connectivity index (χ2v) is 24.0. The first-order chi connectivity index (χ1) is 46.1. The van der Waals surface area contributed by atoms with Gasteiger partial charge in [0.2, 0.25) is 0 Å². The minimum absolute atomic E-state index is 0.893. The van der Waals surface area contributed by atoms with E-state index in [0.29, 0.717) is 0 Å². The molecule has 0 aliphatic carbocycles. The molecule has 0 saturated carbocycles. The Labute approximate surface area is 554 Å². The van der Waals surface area contributed by atoms with Crippen molar-refractivity contribution in [2.75, 3.05) is 46.2 Å². The van der Waals surface area contributed by atoms with Gasteiger partial charge in [0.15, 0.2) is 44.0 Å². The van der Waals surface area contributed by atoms with Crippen molar-refractivity contribution in [3.05, 3.63) is 0 Å². The summed E-state index contributed by atoms with van der Waals surface area (Å²) in [6.07, 6.45) is -74.9. The third-order valence-corrected chi connectivity index (χ3v) is 16.7. The Kier molecular flexibility index (Phi) is 27.7. The van der Waals surface area contributed by atoms with Crippen molar-refractivity contribution < 1.29 is 205 Å². The zero-order valence-corrected chi connectivity index (χ0v) is 53.3. The molecule has 35 atom stereocenters. The van der Waals surface area contributed by atoms with Crippen LogP contribution in [0.2, 0.25) is 0 Å². The summed E-state index contributed by atoms with van der Waals surface area (Å²) in [4.78, 5) is 85.9. The van der Waals surface area contributed by atoms with Gasteiger partial charge in [-0.2, -0.15) is 0 Å². The Morgan fingerprint density at radius 3 is 0.388 bits per heavy atom. The number of esters is 7. The molecule has 42 nitrogen and oxygen atoms in total. The smallest absolute Gasteiger partial charge is 0.302 e. The van der Waals surface area contributed by atoms with E-state index in [0.717, 1.165) is 48.5 Å². The van der Waals surface area contributed by atoms with E-state index in [1.165, 1.54) is 0 Å². The van der Waals surface area contributed by atoms with Crippen LogP contribution in [0, 0.1) is 0 Å². The molecule has 0 aromatic rings. The zero-order chi connectivity index (χ0) is 72.0. The molecule has 14 bridgehead atoms. The fourth-order valence-corrected chi connectivity index (χ4v) is 11.7. The van der Waals surface area contributed by atoms with Crippen LogP contribution in [0.25, 0.3) is 0 Å². The summed E-state index contributed by atoms with van der Waals surface area (Å²) < 4.78 is 120. The minimum atomic E-state index is -2.35. The van der Waals surface area contributed by atoms with Crippen molar-refractivity contribution in [2.45, 2.75) is 263 Å². The average Bonchev–Trinajstić information content (AvgIpc) is 0.780. The van der Waals surface area contributed by atoms with Crippen molar-refractivity contribution in [3.63, 3.8) is 0 Å². The van der Waals surface area contributed by atoms with Gasteiger partial charge in [-0.3, -0.25) is 33.6 Å². The summed E-state index contributed by atoms with van der Waals surface area (Å²) in [5.41, 5.74) is 0. The molecule has 21 heterocycles. The van der Waals surface area contributed by atoms with Crippen LogP contribution in [0.5, 0.6) is 0 Å². The number of aliphatic hydroxyl groups excluding tert-OH is 14. The summed E-state index contributed by atoms with van der Waals surface area (Å²) in [7, 11) is 0. The molecule has 21 rings (SSSR count). The lowest BCUT2D eigenvalue weighted by Crippen LogP contribution is -2.68. The van der Waals surface area contributed by atoms with Gasteiger partial charge in [0, 0.05) is 48.5 Å². The van der Waals surface area contributed by atoms with Crippen LogP contribution in [0.3, 0.4) is 0 Å². The number of ether oxygens (including phenoxy) is 21. The van der Waals surface area contributed by atoms with E-state index in [1.807, 2.05) is 0 Å². The summed E-state index contributed by atoms with van der Waals surface area (Å²) in [6, 6.07) is 0. The van der Waals surface area contributed by atoms with E-state index >= 15 is 0 Å². The number of hydrogen-bond donors (Lipinski definition) is 14. The van der Waals surface area contributed by atoms with Gasteiger partial charge in [-0.15, -0.1) is 0 Å². The molecule has 21 aliphatic rings. The monoisotopic (exact) mass is 1430 g/mol. The molecule has 0 spiro atoms. The predicted octanol–water partition coefficient (Wildman–Crippen LogP) is -11.2. The second-order valence-electron chi connectivity index (χ2n) is 24.0. The van der Waals surface area contributed by atoms with Gasteiger partial charge >= 0.3 is 41.8 Å². The first-order valence-electron chi connectivity index (χ1n) is 30.8. The molecule has 0 radical (unpaired) electrons. The van der Waals surface area contributed by atoms with Crippen molar-refractivity contribution >= 4 is 41.8 Å². The quantitative estimate of drug-likeness (QED) is 0.0567. The lowest BCUT2D eigenvalue weighted by Gasteiger charge is -2.50. The van der Waals surface area contributed by atoms with Gasteiger partial charge in [-0.25, -0.2) is 0 Å². The molecule has 21 saturated heterocycles. The molecular weight excluding hydrogens is 1340 g/mol. The Morgan fingerprint density at radius 2 is 0.296 bits per heavy atom. The van der Waals surface area contributed by atoms with E-state index in [2.05, 4.69) is 0 Å². The maximum absolute atomic E-state index is 12.3. The highest BCUT2D eigenvalue weighted by molar-refractivity contribution is 5.67. The normalized spacial score (nSPS) is 45.5. The van der Waals surface area contributed by atoms with Crippen molar-refractivity contribution in [3.8, 4) is 0 Å². The van der Waals surface area contributed by atoms with Crippen molar-refractivity contribution in [1.29, 1.82) is 0 Å². The van der Waals surface area contributed by atoms with Gasteiger partial charge in [-0.05, 0) is 0 Å². The summed E-state index contributed by atoms with van der Waals surface area (Å²) >= 11 is 0. The van der Waals surface area contributed by atoms with Crippen LogP contribution in [0.1, 0.15) is 48.5 Å². The maximum Gasteiger partial charge on any atom is 0.302 e. The molecule has 14 N–H and O–H groups in total. The predicted molar refractivity (Wildman–Crippen MR) is 295 cm³/mol. The summed E-state index contributed by atoms with van der Waals surface area (Å²) in [5, 5.41) is 165. The topological polar surface area (TPSA) is 597 Å². The van der Waals surface area contributed by atoms with Gasteiger partial charge in [-0.1, -0.05) is 0 Å². The first-order valence-corrected chi connectivity index (χ1v) is 30.8. The number of rotatable bonds is 14. The highest BCUT2D eigenvalue weighted by atomic mass is 16.8. The molecule has 0 aromatic carbocycles. The molecule has 0 aromatic heterocycles. The molecule has 98 heavy (non-hydrogen) atoms. The maximum atomic E-state index is 12.3. The molecule has 560 valence electrons. The van der Waals surface area contributed by atoms with E-state index in [9.17, 15) is 105 Å². The van der Waals surface area contributed by atoms with E-state index in [1.54, 1.807) is 0 Å². The molecular formula is C56H84O42. The van der Waals surface area contributed by atoms with Crippen LogP contribution < -0.4 is 0 Å². The van der Waals surface area contributed by atoms with Crippen molar-refractivity contribution in [2.24, 2.45) is 0 Å². The molecule has 21 fully saturated rings. The SMILES string of the molecule is CC(=O)OC[C@H]1O[C@@H]2O[C@H]3[C@H](O)[C@@H](O)[C@@H](O[C@H]4[C@H](O)[C@@H](O)[C@@H](O[C@H]5[C@H](O)[C@@H](O)[C@@H](O[C@H]6[C@H](O)[C@@H](O)[C@@H](O[C@H]7[C@H](O)[C@@H](O)[C@@H](O[C@H]8[C@H](O)[C@@H](O)[C@@H](O[C@H]1[C@H](O)[C@H]2O)O[C@@H]8COC(C)=O)O[C@@H]7COC(C)=O)O[C@@H]6COC(C)=O)O[C@@H]5COC(C)=O)O[C@@H]4COC(C)=O)O[C@@H]3COC(C)=O. The van der Waals surface area contributed by atoms with Crippen LogP contribution in [-0.4, -0.2) is 374 Å². The van der Waals surface area contributed by atoms with E-state index in [-0.39, 0.29) is 0 Å². The standard InChI is InChI=1S/C56H84O42/c1-15(57)78-8-22-43-29(64)36(71)50(85-22)93-44-23(9-79-16(2)58)87-52(38(73)31(44)66)95-46-25(11-81-18(4)60)89-54(40(75)33(46)68)97-48-27(13-83-20(6)62)91-56(42(77)35(48)70)98-49-28(14-84-21(7)63)90-55(41(76)34(49)69)96-47-26(12-82-19(5)61)88-53(39(74)32(47)67)94-45-24(10-80-17(3)59)86-51(92-43)37(72)30(45)65/h22-56,64-77H,8-14H2,1-7H3/t22-,23-,24-,25-,26-,27-,28-,29-,30-,31-,32-,33-,34-,35-,36-,37-,38-,39-,40-,41-,42-,43-,44-,45-,46-,47-,48-,49-,50-,51-,52-,53-,54-,55-,56-/m1/s1. The average molecular weight is 1430 g/mol. The Morgan fingerprint density at radius 1 is 0.194 bits per heavy atom. The molecule has 0 unspecified atom stereocenters. The van der Waals surface area contributed by atoms with Gasteiger partial charge in [0.1, 0.15) is 217 Å². The van der Waals surface area contributed by atoms with E-state index < -0.39 is 303 Å². The largest absolute Gasteiger partial charge is 0.463 e. The Hall–Kier alpha value is -4.83. The first kappa shape index (κ1) is 78.9. The zero-order valence-electron chi connectivity index (χ0n) is 53.3. The third kappa shape index (κ3) is 18.9. The van der Waals surface area contributed by atoms with Crippen LogP contribution in [0.15, 0.2) is 0 Å². The number of aliphatic hydroxyl groups is 14. The highest BCUT2D eigenvalue weighted by Gasteiger charge is 2.60. The van der Waals surface area contributed by atoms with Gasteiger partial charge in [0.25, 0.3) is 0 Å². The van der Waals surface area contributed by atoms with Gasteiger partial charge < -0.3 is 171 Å². The summed E-state index contributed by atoms with van der Waals surface area (Å²) in [5.74, 6) is -6.78. The van der Waals surface area contributed by atoms with Crippen LogP contribution in [-0.2, 0) is 133 Å². The minimum Gasteiger partial charge on any atom is -0.463 e. The molecule has 42 heteroatoms. The molecule has 21 aliphatic heterocycles. The van der Waals surface area contributed by atoms with Crippen LogP contribution >= 0.6 is 0 Å².